The number of nitrogens with zero attached hydrogens (tertiary/aromatic N) is 3. The number of nitrogens with one attached hydrogen (secondary N) is 2. The Kier molecular flexibility index (Phi) is 3.04. The van der Waals surface area contributed by atoms with Crippen molar-refractivity contribution in [3.05, 3.63) is 18.7 Å². The predicted octanol–water partition coefficient (Wildman–Crippen LogP) is -0.534. The SMILES string of the molecule is O=C1NCCN1CCNC(=O)n1ccnc1. The van der Waals surface area contributed by atoms with Crippen molar-refractivity contribution in [2.45, 2.75) is 0 Å². The molecule has 0 aromatic carbocycles. The maximum atomic E-state index is 11.5. The van der Waals surface area contributed by atoms with E-state index in [9.17, 15) is 9.59 Å². The van der Waals surface area contributed by atoms with E-state index in [0.717, 1.165) is 0 Å². The number of urea groups is 1. The molecule has 0 unspecified atom stereocenters. The highest BCUT2D eigenvalue weighted by atomic mass is 16.2. The third-order valence-corrected chi connectivity index (χ3v) is 2.34. The van der Waals surface area contributed by atoms with Gasteiger partial charge in [0.15, 0.2) is 0 Å². The Bertz CT molecular complexity index is 375. The summed E-state index contributed by atoms with van der Waals surface area (Å²) < 4.78 is 1.35. The summed E-state index contributed by atoms with van der Waals surface area (Å²) >= 11 is 0. The number of amides is 3. The Morgan fingerprint density at radius 1 is 1.62 bits per heavy atom. The van der Waals surface area contributed by atoms with Crippen LogP contribution in [0.5, 0.6) is 0 Å². The van der Waals surface area contributed by atoms with E-state index in [1.807, 2.05) is 0 Å². The second-order valence-corrected chi connectivity index (χ2v) is 3.42. The molecule has 0 spiro atoms. The highest BCUT2D eigenvalue weighted by Crippen LogP contribution is 1.94. The van der Waals surface area contributed by atoms with Crippen LogP contribution in [0, 0.1) is 0 Å². The lowest BCUT2D eigenvalue weighted by Gasteiger charge is -2.14. The number of carbonyl (C=O) groups excluding carboxylic acids is 2. The Morgan fingerprint density at radius 2 is 2.50 bits per heavy atom. The van der Waals surface area contributed by atoms with Gasteiger partial charge in [0.25, 0.3) is 0 Å². The van der Waals surface area contributed by atoms with Crippen LogP contribution in [0.15, 0.2) is 18.7 Å². The molecule has 7 heteroatoms. The van der Waals surface area contributed by atoms with Crippen molar-refractivity contribution in [2.75, 3.05) is 26.2 Å². The number of rotatable bonds is 3. The molecule has 1 aromatic rings. The first-order valence-electron chi connectivity index (χ1n) is 5.06. The average Bonchev–Trinajstić information content (AvgIpc) is 2.90. The van der Waals surface area contributed by atoms with Gasteiger partial charge in [-0.1, -0.05) is 0 Å². The fourth-order valence-corrected chi connectivity index (χ4v) is 1.49. The van der Waals surface area contributed by atoms with Crippen LogP contribution in [0.1, 0.15) is 0 Å². The molecule has 0 saturated carbocycles. The zero-order valence-corrected chi connectivity index (χ0v) is 8.72. The third-order valence-electron chi connectivity index (χ3n) is 2.34. The van der Waals surface area contributed by atoms with E-state index in [0.29, 0.717) is 26.2 Å². The number of hydrogen-bond acceptors (Lipinski definition) is 3. The average molecular weight is 223 g/mol. The molecule has 1 aliphatic rings. The lowest BCUT2D eigenvalue weighted by Crippen LogP contribution is -2.38. The van der Waals surface area contributed by atoms with Gasteiger partial charge in [-0.25, -0.2) is 14.6 Å². The second kappa shape index (κ2) is 4.65. The largest absolute Gasteiger partial charge is 0.336 e. The van der Waals surface area contributed by atoms with Crippen LogP contribution < -0.4 is 10.6 Å². The summed E-state index contributed by atoms with van der Waals surface area (Å²) in [4.78, 5) is 28.0. The van der Waals surface area contributed by atoms with Gasteiger partial charge in [0.05, 0.1) is 0 Å². The Labute approximate surface area is 92.4 Å². The molecule has 7 nitrogen and oxygen atoms in total. The molecule has 1 aromatic heterocycles. The predicted molar refractivity (Wildman–Crippen MR) is 56.0 cm³/mol. The number of carbonyl (C=O) groups is 2. The number of imidazole rings is 1. The Morgan fingerprint density at radius 3 is 3.12 bits per heavy atom. The van der Waals surface area contributed by atoms with Crippen LogP contribution in [-0.2, 0) is 0 Å². The van der Waals surface area contributed by atoms with Crippen LogP contribution in [0.3, 0.4) is 0 Å². The van der Waals surface area contributed by atoms with Crippen molar-refractivity contribution >= 4 is 12.1 Å². The molecule has 3 amide bonds. The van der Waals surface area contributed by atoms with E-state index >= 15 is 0 Å². The minimum absolute atomic E-state index is 0.0723. The van der Waals surface area contributed by atoms with Gasteiger partial charge in [0, 0.05) is 38.6 Å². The van der Waals surface area contributed by atoms with Crippen molar-refractivity contribution < 1.29 is 9.59 Å². The fourth-order valence-electron chi connectivity index (χ4n) is 1.49. The zero-order valence-electron chi connectivity index (χ0n) is 8.72. The van der Waals surface area contributed by atoms with Gasteiger partial charge in [-0.2, -0.15) is 0 Å². The highest BCUT2D eigenvalue weighted by molar-refractivity contribution is 5.77. The maximum absolute atomic E-state index is 11.5. The lowest BCUT2D eigenvalue weighted by atomic mass is 10.5. The van der Waals surface area contributed by atoms with Gasteiger partial charge in [-0.3, -0.25) is 4.57 Å². The smallest absolute Gasteiger partial charge is 0.326 e. The van der Waals surface area contributed by atoms with Gasteiger partial charge >= 0.3 is 12.1 Å². The van der Waals surface area contributed by atoms with Crippen molar-refractivity contribution in [3.8, 4) is 0 Å². The summed E-state index contributed by atoms with van der Waals surface area (Å²) in [5.74, 6) is 0. The first kappa shape index (κ1) is 10.5. The van der Waals surface area contributed by atoms with Gasteiger partial charge in [0.1, 0.15) is 6.33 Å². The minimum atomic E-state index is -0.239. The molecule has 1 fully saturated rings. The standard InChI is InChI=1S/C9H13N5O2/c15-8-11-2-5-13(8)6-3-12-9(16)14-4-1-10-7-14/h1,4,7H,2-3,5-6H2,(H,11,15)(H,12,16). The van der Waals surface area contributed by atoms with Crippen molar-refractivity contribution in [1.29, 1.82) is 0 Å². The number of aromatic nitrogens is 2. The Hall–Kier alpha value is -2.05. The fraction of sp³-hybridized carbons (Fsp3) is 0.444. The topological polar surface area (TPSA) is 79.3 Å². The molecule has 2 rings (SSSR count). The molecule has 16 heavy (non-hydrogen) atoms. The Balaban J connectivity index is 1.72. The highest BCUT2D eigenvalue weighted by Gasteiger charge is 2.18. The van der Waals surface area contributed by atoms with E-state index in [1.54, 1.807) is 11.1 Å². The van der Waals surface area contributed by atoms with Crippen LogP contribution >= 0.6 is 0 Å². The van der Waals surface area contributed by atoms with Gasteiger partial charge in [0.2, 0.25) is 0 Å². The molecular formula is C9H13N5O2. The van der Waals surface area contributed by atoms with Crippen molar-refractivity contribution in [2.24, 2.45) is 0 Å². The summed E-state index contributed by atoms with van der Waals surface area (Å²) in [6, 6.07) is -0.311. The molecule has 86 valence electrons. The molecule has 2 N–H and O–H groups in total. The number of hydrogen-bond donors (Lipinski definition) is 2. The molecule has 1 saturated heterocycles. The molecule has 0 bridgehead atoms. The van der Waals surface area contributed by atoms with E-state index in [1.165, 1.54) is 17.1 Å². The van der Waals surface area contributed by atoms with E-state index in [4.69, 9.17) is 0 Å². The van der Waals surface area contributed by atoms with Crippen LogP contribution in [0.25, 0.3) is 0 Å². The second-order valence-electron chi connectivity index (χ2n) is 3.42. The summed E-state index contributed by atoms with van der Waals surface area (Å²) in [6.45, 7) is 2.32. The summed E-state index contributed by atoms with van der Waals surface area (Å²) in [6.07, 6.45) is 4.53. The lowest BCUT2D eigenvalue weighted by molar-refractivity contribution is 0.215. The molecular weight excluding hydrogens is 210 g/mol. The maximum Gasteiger partial charge on any atom is 0.326 e. The van der Waals surface area contributed by atoms with E-state index in [-0.39, 0.29) is 12.1 Å². The molecule has 0 atom stereocenters. The normalized spacial score (nSPS) is 15.0. The quantitative estimate of drug-likeness (QED) is 0.722. The summed E-state index contributed by atoms with van der Waals surface area (Å²) in [5, 5.41) is 5.39. The molecule has 1 aliphatic heterocycles. The van der Waals surface area contributed by atoms with Crippen LogP contribution in [0.4, 0.5) is 9.59 Å². The minimum Gasteiger partial charge on any atom is -0.336 e. The third kappa shape index (κ3) is 2.30. The summed E-state index contributed by atoms with van der Waals surface area (Å²) in [5.41, 5.74) is 0. The van der Waals surface area contributed by atoms with E-state index in [2.05, 4.69) is 15.6 Å². The van der Waals surface area contributed by atoms with Crippen molar-refractivity contribution in [3.63, 3.8) is 0 Å². The first-order chi connectivity index (χ1) is 7.77. The first-order valence-corrected chi connectivity index (χ1v) is 5.06. The molecule has 0 radical (unpaired) electrons. The van der Waals surface area contributed by atoms with Gasteiger partial charge < -0.3 is 15.5 Å². The zero-order chi connectivity index (χ0) is 11.4. The summed E-state index contributed by atoms with van der Waals surface area (Å²) in [7, 11) is 0. The van der Waals surface area contributed by atoms with Gasteiger partial charge in [-0.05, 0) is 0 Å². The van der Waals surface area contributed by atoms with Gasteiger partial charge in [-0.15, -0.1) is 0 Å². The van der Waals surface area contributed by atoms with Crippen LogP contribution in [-0.4, -0.2) is 52.7 Å². The van der Waals surface area contributed by atoms with E-state index < -0.39 is 0 Å². The van der Waals surface area contributed by atoms with Crippen LogP contribution in [0.2, 0.25) is 0 Å². The molecule has 2 heterocycles. The monoisotopic (exact) mass is 223 g/mol. The van der Waals surface area contributed by atoms with Crippen molar-refractivity contribution in [1.82, 2.24) is 25.1 Å². The molecule has 0 aliphatic carbocycles.